The predicted molar refractivity (Wildman–Crippen MR) is 121 cm³/mol. The van der Waals surface area contributed by atoms with Gasteiger partial charge in [-0.2, -0.15) is 0 Å². The molecule has 1 aliphatic heterocycles. The lowest BCUT2D eigenvalue weighted by Crippen LogP contribution is -2.54. The van der Waals surface area contributed by atoms with Crippen LogP contribution >= 0.6 is 11.8 Å². The zero-order valence-corrected chi connectivity index (χ0v) is 19.2. The molecule has 0 radical (unpaired) electrons. The van der Waals surface area contributed by atoms with Gasteiger partial charge in [-0.1, -0.05) is 19.7 Å². The van der Waals surface area contributed by atoms with Gasteiger partial charge in [-0.05, 0) is 48.6 Å². The number of hydrogen-bond donors (Lipinski definition) is 0. The summed E-state index contributed by atoms with van der Waals surface area (Å²) in [5, 5.41) is 0. The van der Waals surface area contributed by atoms with E-state index in [2.05, 4.69) is 24.5 Å². The zero-order chi connectivity index (χ0) is 24.1. The van der Waals surface area contributed by atoms with Crippen molar-refractivity contribution in [3.63, 3.8) is 0 Å². The molecule has 0 aliphatic carbocycles. The minimum atomic E-state index is -2.75. The lowest BCUT2D eigenvalue weighted by molar-refractivity contribution is -0.135. The zero-order valence-electron chi connectivity index (χ0n) is 18.3. The van der Waals surface area contributed by atoms with Gasteiger partial charge in [0.1, 0.15) is 18.2 Å². The first-order chi connectivity index (χ1) is 15.0. The molecule has 0 N–H and O–H groups in total. The van der Waals surface area contributed by atoms with E-state index in [9.17, 15) is 18.0 Å². The molecular weight excluding hydrogens is 439 g/mol. The number of hydrogen-bond acceptors (Lipinski definition) is 5. The average Bonchev–Trinajstić information content (AvgIpc) is 2.72. The summed E-state index contributed by atoms with van der Waals surface area (Å²) in [5.41, 5.74) is 1.98. The van der Waals surface area contributed by atoms with Crippen LogP contribution in [0.1, 0.15) is 12.5 Å². The topological polar surface area (TPSA) is 38.8 Å². The maximum absolute atomic E-state index is 13.9. The summed E-state index contributed by atoms with van der Waals surface area (Å²) in [4.78, 5) is 13.8. The van der Waals surface area contributed by atoms with Crippen molar-refractivity contribution in [2.45, 2.75) is 24.3 Å². The first-order valence-corrected chi connectivity index (χ1v) is 10.8. The third-order valence-corrected chi connectivity index (χ3v) is 5.43. The Balaban J connectivity index is 2.27. The highest BCUT2D eigenvalue weighted by molar-refractivity contribution is 7.98. The van der Waals surface area contributed by atoms with Crippen molar-refractivity contribution in [1.82, 2.24) is 4.90 Å². The minimum absolute atomic E-state index is 0.0187. The van der Waals surface area contributed by atoms with E-state index in [0.717, 1.165) is 4.90 Å². The molecule has 8 heteroatoms. The van der Waals surface area contributed by atoms with Crippen LogP contribution in [0.2, 0.25) is 0 Å². The molecule has 0 spiro atoms. The first kappa shape index (κ1) is 25.4. The van der Waals surface area contributed by atoms with Gasteiger partial charge in [0, 0.05) is 22.2 Å². The van der Waals surface area contributed by atoms with Crippen molar-refractivity contribution < 1.29 is 27.4 Å². The number of benzene rings is 1. The van der Waals surface area contributed by atoms with Crippen LogP contribution in [0.5, 0.6) is 0 Å². The quantitative estimate of drug-likeness (QED) is 0.147. The van der Waals surface area contributed by atoms with Crippen molar-refractivity contribution in [3.8, 4) is 0 Å². The maximum atomic E-state index is 13.9. The number of thioether (sulfide) groups is 1. The normalized spacial score (nSPS) is 15.6. The fourth-order valence-electron chi connectivity index (χ4n) is 2.89. The number of carbonyl (C=O) groups excluding carboxylic acids is 1. The summed E-state index contributed by atoms with van der Waals surface area (Å²) < 4.78 is 50.9. The highest BCUT2D eigenvalue weighted by Gasteiger charge is 2.44. The third kappa shape index (κ3) is 6.82. The molecule has 1 saturated heterocycles. The molecule has 1 fully saturated rings. The van der Waals surface area contributed by atoms with Crippen molar-refractivity contribution in [3.05, 3.63) is 89.6 Å². The Morgan fingerprint density at radius 3 is 2.44 bits per heavy atom. The van der Waals surface area contributed by atoms with Crippen LogP contribution in [0.15, 0.2) is 83.2 Å². The summed E-state index contributed by atoms with van der Waals surface area (Å²) in [6.07, 6.45) is 4.83. The lowest BCUT2D eigenvalue weighted by atomic mass is 10.0. The van der Waals surface area contributed by atoms with Crippen molar-refractivity contribution in [2.75, 3.05) is 26.5 Å². The molecule has 0 saturated carbocycles. The largest absolute Gasteiger partial charge is 0.488 e. The fourth-order valence-corrected chi connectivity index (χ4v) is 3.39. The van der Waals surface area contributed by atoms with Crippen LogP contribution < -0.4 is 0 Å². The summed E-state index contributed by atoms with van der Waals surface area (Å²) in [7, 11) is 1.24. The maximum Gasteiger partial charge on any atom is 0.337 e. The second-order valence-corrected chi connectivity index (χ2v) is 8.20. The Morgan fingerprint density at radius 1 is 1.22 bits per heavy atom. The fraction of sp³-hybridized carbons (Fsp3) is 0.292. The van der Waals surface area contributed by atoms with Crippen molar-refractivity contribution in [2.24, 2.45) is 0 Å². The van der Waals surface area contributed by atoms with Gasteiger partial charge in [-0.3, -0.25) is 0 Å². The SMILES string of the molecule is C=C(/C=C(\C)C(=C)/C(=C\C(=C)N1CC(F)(F)C1)OCc1cc(F)cc(SC)c1)C(=O)OC. The number of alkyl halides is 2. The number of ether oxygens (including phenoxy) is 2. The molecule has 2 rings (SSSR count). The Labute approximate surface area is 190 Å². The number of halogens is 3. The van der Waals surface area contributed by atoms with Crippen LogP contribution in [0.25, 0.3) is 0 Å². The first-order valence-electron chi connectivity index (χ1n) is 9.60. The predicted octanol–water partition coefficient (Wildman–Crippen LogP) is 5.64. The molecule has 0 amide bonds. The molecule has 1 heterocycles. The molecule has 32 heavy (non-hydrogen) atoms. The van der Waals surface area contributed by atoms with E-state index < -0.39 is 30.8 Å². The van der Waals surface area contributed by atoms with E-state index in [1.54, 1.807) is 13.0 Å². The molecular formula is C24H26F3NO3S. The Morgan fingerprint density at radius 2 is 1.88 bits per heavy atom. The molecule has 0 aromatic heterocycles. The molecule has 0 unspecified atom stereocenters. The number of carbonyl (C=O) groups is 1. The molecule has 1 aromatic carbocycles. The van der Waals surface area contributed by atoms with Gasteiger partial charge < -0.3 is 14.4 Å². The molecule has 0 bridgehead atoms. The number of esters is 1. The van der Waals surface area contributed by atoms with Gasteiger partial charge in [-0.25, -0.2) is 18.0 Å². The monoisotopic (exact) mass is 465 g/mol. The highest BCUT2D eigenvalue weighted by Crippen LogP contribution is 2.31. The minimum Gasteiger partial charge on any atom is -0.488 e. The van der Waals surface area contributed by atoms with Crippen molar-refractivity contribution in [1.29, 1.82) is 0 Å². The van der Waals surface area contributed by atoms with Gasteiger partial charge in [0.2, 0.25) is 0 Å². The number of nitrogens with zero attached hydrogens (tertiary/aromatic N) is 1. The Hall–Kier alpha value is -2.87. The summed E-state index contributed by atoms with van der Waals surface area (Å²) >= 11 is 1.40. The molecule has 1 aliphatic rings. The molecule has 1 aromatic rings. The second kappa shape index (κ2) is 10.6. The van der Waals surface area contributed by atoms with Crippen LogP contribution in [-0.2, 0) is 20.9 Å². The van der Waals surface area contributed by atoms with Crippen LogP contribution in [0.3, 0.4) is 0 Å². The highest BCUT2D eigenvalue weighted by atomic mass is 32.2. The van der Waals surface area contributed by atoms with Gasteiger partial charge in [-0.15, -0.1) is 11.8 Å². The standard InChI is InChI=1S/C24H26F3NO3S/c1-15(7-16(2)23(29)30-5)18(4)22(8-17(3)28-13-24(26,27)14-28)31-12-19-9-20(25)11-21(10-19)32-6/h7-11H,2-4,12-14H2,1,5-6H3/b15-7+,22-8+. The van der Waals surface area contributed by atoms with Gasteiger partial charge in [0.05, 0.1) is 25.8 Å². The average molecular weight is 466 g/mol. The molecule has 0 atom stereocenters. The van der Waals surface area contributed by atoms with E-state index in [1.165, 1.54) is 48.1 Å². The van der Waals surface area contributed by atoms with Crippen LogP contribution in [0, 0.1) is 5.82 Å². The van der Waals surface area contributed by atoms with E-state index in [-0.39, 0.29) is 17.9 Å². The Bertz CT molecular complexity index is 990. The number of likely N-dealkylation sites (tertiary alicyclic amines) is 1. The van der Waals surface area contributed by atoms with E-state index >= 15 is 0 Å². The summed E-state index contributed by atoms with van der Waals surface area (Å²) in [6, 6.07) is 4.56. The van der Waals surface area contributed by atoms with Gasteiger partial charge in [0.15, 0.2) is 0 Å². The summed E-state index contributed by atoms with van der Waals surface area (Å²) in [5.74, 6) is -3.48. The van der Waals surface area contributed by atoms with E-state index in [0.29, 0.717) is 22.4 Å². The number of methoxy groups -OCH3 is 1. The van der Waals surface area contributed by atoms with E-state index in [1.807, 2.05) is 6.26 Å². The third-order valence-electron chi connectivity index (χ3n) is 4.72. The molecule has 172 valence electrons. The van der Waals surface area contributed by atoms with Gasteiger partial charge in [0.25, 0.3) is 5.92 Å². The Kier molecular flexibility index (Phi) is 8.44. The number of rotatable bonds is 10. The van der Waals surface area contributed by atoms with Crippen LogP contribution in [0.4, 0.5) is 13.2 Å². The summed E-state index contributed by atoms with van der Waals surface area (Å²) in [6.45, 7) is 12.3. The van der Waals surface area contributed by atoms with Crippen LogP contribution in [-0.4, -0.2) is 43.2 Å². The van der Waals surface area contributed by atoms with Gasteiger partial charge >= 0.3 is 5.97 Å². The lowest BCUT2D eigenvalue weighted by Gasteiger charge is -2.40. The smallest absolute Gasteiger partial charge is 0.337 e. The molecule has 4 nitrogen and oxygen atoms in total. The second-order valence-electron chi connectivity index (χ2n) is 7.32. The number of allylic oxidation sites excluding steroid dienone is 2. The van der Waals surface area contributed by atoms with E-state index in [4.69, 9.17) is 4.74 Å². The van der Waals surface area contributed by atoms with Crippen molar-refractivity contribution >= 4 is 17.7 Å².